The molecule has 0 saturated carbocycles. The molecule has 0 radical (unpaired) electrons. The van der Waals surface area contributed by atoms with Gasteiger partial charge in [0.15, 0.2) is 0 Å². The van der Waals surface area contributed by atoms with Crippen molar-refractivity contribution in [2.24, 2.45) is 0 Å². The van der Waals surface area contributed by atoms with E-state index in [9.17, 15) is 8.78 Å². The highest BCUT2D eigenvalue weighted by molar-refractivity contribution is 9.10. The minimum absolute atomic E-state index is 0.0410. The van der Waals surface area contributed by atoms with Crippen LogP contribution in [-0.4, -0.2) is 0 Å². The van der Waals surface area contributed by atoms with E-state index in [2.05, 4.69) is 22.5 Å². The first-order valence-corrected chi connectivity index (χ1v) is 4.13. The highest BCUT2D eigenvalue weighted by Gasteiger charge is 2.26. The molecule has 0 saturated heterocycles. The van der Waals surface area contributed by atoms with Crippen molar-refractivity contribution >= 4 is 15.9 Å². The van der Waals surface area contributed by atoms with E-state index >= 15 is 0 Å². The molecule has 0 aliphatic heterocycles. The van der Waals surface area contributed by atoms with E-state index in [0.717, 1.165) is 4.47 Å². The van der Waals surface area contributed by atoms with Crippen molar-refractivity contribution in [3.05, 3.63) is 47.0 Å². The van der Waals surface area contributed by atoms with Crippen molar-refractivity contribution in [3.8, 4) is 0 Å². The summed E-state index contributed by atoms with van der Waals surface area (Å²) in [5.41, 5.74) is -0.0410. The topological polar surface area (TPSA) is 0 Å². The third-order valence-electron chi connectivity index (χ3n) is 1.49. The summed E-state index contributed by atoms with van der Waals surface area (Å²) in [6.45, 7) is 3.07. The Morgan fingerprint density at radius 1 is 1.25 bits per heavy atom. The van der Waals surface area contributed by atoms with E-state index < -0.39 is 5.92 Å². The molecule has 12 heavy (non-hydrogen) atoms. The molecule has 1 rings (SSSR count). The van der Waals surface area contributed by atoms with E-state index in [0.29, 0.717) is 6.08 Å². The Morgan fingerprint density at radius 3 is 2.17 bits per heavy atom. The standard InChI is InChI=1S/C9H7BrF2/c1-2-9(11,12)7-3-5-8(10)6-4-7/h2-6H,1H2. The van der Waals surface area contributed by atoms with Gasteiger partial charge in [0.2, 0.25) is 0 Å². The first kappa shape index (κ1) is 9.39. The van der Waals surface area contributed by atoms with Gasteiger partial charge in [0.1, 0.15) is 0 Å². The smallest absolute Gasteiger partial charge is 0.197 e. The fourth-order valence-corrected chi connectivity index (χ4v) is 1.05. The van der Waals surface area contributed by atoms with Crippen LogP contribution in [-0.2, 0) is 5.92 Å². The van der Waals surface area contributed by atoms with E-state index in [-0.39, 0.29) is 5.56 Å². The molecule has 0 unspecified atom stereocenters. The predicted octanol–water partition coefficient (Wildman–Crippen LogP) is 3.73. The molecule has 3 heteroatoms. The van der Waals surface area contributed by atoms with Crippen LogP contribution in [0.15, 0.2) is 41.4 Å². The predicted molar refractivity (Wildman–Crippen MR) is 48.2 cm³/mol. The highest BCUT2D eigenvalue weighted by atomic mass is 79.9. The lowest BCUT2D eigenvalue weighted by molar-refractivity contribution is 0.0525. The summed E-state index contributed by atoms with van der Waals surface area (Å²) in [5, 5.41) is 0. The monoisotopic (exact) mass is 232 g/mol. The molecule has 0 atom stereocenters. The summed E-state index contributed by atoms with van der Waals surface area (Å²) in [6, 6.07) is 5.89. The van der Waals surface area contributed by atoms with E-state index in [4.69, 9.17) is 0 Å². The number of benzene rings is 1. The second-order valence-electron chi connectivity index (χ2n) is 2.33. The van der Waals surface area contributed by atoms with Crippen LogP contribution in [0.2, 0.25) is 0 Å². The number of hydrogen-bond acceptors (Lipinski definition) is 0. The third kappa shape index (κ3) is 1.91. The Balaban J connectivity index is 3.04. The molecular weight excluding hydrogens is 226 g/mol. The molecule has 0 N–H and O–H groups in total. The van der Waals surface area contributed by atoms with Gasteiger partial charge in [-0.3, -0.25) is 0 Å². The summed E-state index contributed by atoms with van der Waals surface area (Å²) in [7, 11) is 0. The van der Waals surface area contributed by atoms with Gasteiger partial charge in [0.05, 0.1) is 0 Å². The van der Waals surface area contributed by atoms with Crippen molar-refractivity contribution < 1.29 is 8.78 Å². The zero-order valence-corrected chi connectivity index (χ0v) is 7.81. The van der Waals surface area contributed by atoms with Gasteiger partial charge in [-0.15, -0.1) is 0 Å². The van der Waals surface area contributed by atoms with Gasteiger partial charge in [-0.05, 0) is 18.2 Å². The fourth-order valence-electron chi connectivity index (χ4n) is 0.790. The fraction of sp³-hybridized carbons (Fsp3) is 0.111. The van der Waals surface area contributed by atoms with Crippen LogP contribution >= 0.6 is 15.9 Å². The summed E-state index contributed by atoms with van der Waals surface area (Å²) < 4.78 is 26.6. The second-order valence-corrected chi connectivity index (χ2v) is 3.25. The van der Waals surface area contributed by atoms with E-state index in [1.54, 1.807) is 12.1 Å². The molecule has 0 fully saturated rings. The molecule has 0 aliphatic carbocycles. The molecule has 0 aromatic heterocycles. The lowest BCUT2D eigenvalue weighted by Gasteiger charge is -2.10. The van der Waals surface area contributed by atoms with Gasteiger partial charge in [-0.2, -0.15) is 8.78 Å². The average molecular weight is 233 g/mol. The molecule has 0 nitrogen and oxygen atoms in total. The van der Waals surface area contributed by atoms with Crippen LogP contribution in [0.25, 0.3) is 0 Å². The Labute approximate surface area is 78.0 Å². The van der Waals surface area contributed by atoms with Gasteiger partial charge in [-0.1, -0.05) is 34.6 Å². The Kier molecular flexibility index (Phi) is 2.62. The van der Waals surface area contributed by atoms with Crippen LogP contribution in [0.5, 0.6) is 0 Å². The molecule has 1 aromatic carbocycles. The Hall–Kier alpha value is -0.700. The maximum Gasteiger partial charge on any atom is 0.291 e. The molecule has 0 amide bonds. The van der Waals surface area contributed by atoms with Crippen molar-refractivity contribution in [1.29, 1.82) is 0 Å². The van der Waals surface area contributed by atoms with Crippen molar-refractivity contribution in [1.82, 2.24) is 0 Å². The molecule has 1 aromatic rings. The number of alkyl halides is 2. The van der Waals surface area contributed by atoms with Crippen LogP contribution in [0.4, 0.5) is 8.78 Å². The van der Waals surface area contributed by atoms with E-state index in [1.165, 1.54) is 12.1 Å². The van der Waals surface area contributed by atoms with Gasteiger partial charge in [0, 0.05) is 10.0 Å². The summed E-state index contributed by atoms with van der Waals surface area (Å²) >= 11 is 3.16. The van der Waals surface area contributed by atoms with Gasteiger partial charge >= 0.3 is 0 Å². The number of hydrogen-bond donors (Lipinski definition) is 0. The second kappa shape index (κ2) is 3.35. The normalized spacial score (nSPS) is 11.2. The summed E-state index contributed by atoms with van der Waals surface area (Å²) in [6.07, 6.45) is 0.635. The van der Waals surface area contributed by atoms with Gasteiger partial charge in [0.25, 0.3) is 5.92 Å². The van der Waals surface area contributed by atoms with Crippen LogP contribution < -0.4 is 0 Å². The molecule has 64 valence electrons. The molecular formula is C9H7BrF2. The summed E-state index contributed by atoms with van der Waals surface area (Å²) in [4.78, 5) is 0. The Bertz CT molecular complexity index is 277. The maximum atomic E-state index is 12.9. The number of halogens is 3. The largest absolute Gasteiger partial charge is 0.291 e. The highest BCUT2D eigenvalue weighted by Crippen LogP contribution is 2.29. The van der Waals surface area contributed by atoms with Crippen molar-refractivity contribution in [2.45, 2.75) is 5.92 Å². The quantitative estimate of drug-likeness (QED) is 0.682. The van der Waals surface area contributed by atoms with Crippen LogP contribution in [0, 0.1) is 0 Å². The zero-order valence-electron chi connectivity index (χ0n) is 6.23. The summed E-state index contributed by atoms with van der Waals surface area (Å²) in [5.74, 6) is -2.93. The lowest BCUT2D eigenvalue weighted by atomic mass is 10.1. The maximum absolute atomic E-state index is 12.9. The SMILES string of the molecule is C=CC(F)(F)c1ccc(Br)cc1. The van der Waals surface area contributed by atoms with Crippen molar-refractivity contribution in [2.75, 3.05) is 0 Å². The first-order valence-electron chi connectivity index (χ1n) is 3.34. The minimum Gasteiger partial charge on any atom is -0.197 e. The zero-order chi connectivity index (χ0) is 9.19. The Morgan fingerprint density at radius 2 is 1.75 bits per heavy atom. The van der Waals surface area contributed by atoms with E-state index in [1.807, 2.05) is 0 Å². The van der Waals surface area contributed by atoms with Gasteiger partial charge < -0.3 is 0 Å². The first-order chi connectivity index (χ1) is 5.56. The molecule has 0 bridgehead atoms. The van der Waals surface area contributed by atoms with Crippen LogP contribution in [0.3, 0.4) is 0 Å². The van der Waals surface area contributed by atoms with Crippen LogP contribution in [0.1, 0.15) is 5.56 Å². The average Bonchev–Trinajstić information content (AvgIpc) is 2.05. The van der Waals surface area contributed by atoms with Gasteiger partial charge in [-0.25, -0.2) is 0 Å². The number of rotatable bonds is 2. The minimum atomic E-state index is -2.93. The molecule has 0 aliphatic rings. The number of allylic oxidation sites excluding steroid dienone is 1. The lowest BCUT2D eigenvalue weighted by Crippen LogP contribution is -2.07. The van der Waals surface area contributed by atoms with Crippen molar-refractivity contribution in [3.63, 3.8) is 0 Å². The molecule has 0 heterocycles. The molecule has 0 spiro atoms. The third-order valence-corrected chi connectivity index (χ3v) is 2.01.